The maximum atomic E-state index is 12.8. The summed E-state index contributed by atoms with van der Waals surface area (Å²) in [5.41, 5.74) is 2.32. The van der Waals surface area contributed by atoms with Crippen molar-refractivity contribution in [3.8, 4) is 22.8 Å². The Kier molecular flexibility index (Phi) is 8.21. The molecule has 0 aliphatic heterocycles. The van der Waals surface area contributed by atoms with Crippen LogP contribution in [0.1, 0.15) is 48.8 Å². The van der Waals surface area contributed by atoms with E-state index in [1.54, 1.807) is 29.0 Å². The SMILES string of the molecule is CCc1nc(-c2ccc(OC)cc2)n(-c2cccc(C(=O)NCCCCCCn3nccn3)c2)n1. The molecule has 9 nitrogen and oxygen atoms in total. The van der Waals surface area contributed by atoms with Gasteiger partial charge in [-0.1, -0.05) is 25.8 Å². The number of carbonyl (C=O) groups excluding carboxylic acids is 1. The zero-order valence-corrected chi connectivity index (χ0v) is 20.2. The van der Waals surface area contributed by atoms with Crippen LogP contribution in [0.3, 0.4) is 0 Å². The Balaban J connectivity index is 1.36. The molecule has 2 aromatic carbocycles. The summed E-state index contributed by atoms with van der Waals surface area (Å²) in [5, 5.41) is 15.9. The van der Waals surface area contributed by atoms with E-state index in [-0.39, 0.29) is 5.91 Å². The predicted octanol–water partition coefficient (Wildman–Crippen LogP) is 4.09. The smallest absolute Gasteiger partial charge is 0.251 e. The van der Waals surface area contributed by atoms with Crippen molar-refractivity contribution in [3.05, 3.63) is 72.3 Å². The Morgan fingerprint density at radius 1 is 1.00 bits per heavy atom. The molecule has 2 aromatic heterocycles. The van der Waals surface area contributed by atoms with Crippen molar-refractivity contribution in [3.63, 3.8) is 0 Å². The summed E-state index contributed by atoms with van der Waals surface area (Å²) in [6.07, 6.45) is 8.18. The lowest BCUT2D eigenvalue weighted by Gasteiger charge is -2.09. The average Bonchev–Trinajstić information content (AvgIpc) is 3.58. The van der Waals surface area contributed by atoms with E-state index in [0.29, 0.717) is 12.1 Å². The molecule has 0 atom stereocenters. The maximum Gasteiger partial charge on any atom is 0.251 e. The van der Waals surface area contributed by atoms with Crippen molar-refractivity contribution in [2.45, 2.75) is 45.6 Å². The lowest BCUT2D eigenvalue weighted by atomic mass is 10.1. The normalized spacial score (nSPS) is 10.9. The monoisotopic (exact) mass is 473 g/mol. The second-order valence-corrected chi connectivity index (χ2v) is 8.19. The number of nitrogens with zero attached hydrogens (tertiary/aromatic N) is 6. The lowest BCUT2D eigenvalue weighted by Crippen LogP contribution is -2.24. The van der Waals surface area contributed by atoms with E-state index in [1.807, 2.05) is 55.5 Å². The van der Waals surface area contributed by atoms with Crippen molar-refractivity contribution < 1.29 is 9.53 Å². The first-order chi connectivity index (χ1) is 17.2. The molecule has 0 radical (unpaired) electrons. The molecule has 0 bridgehead atoms. The highest BCUT2D eigenvalue weighted by atomic mass is 16.5. The summed E-state index contributed by atoms with van der Waals surface area (Å²) in [6, 6.07) is 15.2. The second kappa shape index (κ2) is 11.9. The van der Waals surface area contributed by atoms with Gasteiger partial charge in [-0.15, -0.1) is 0 Å². The minimum atomic E-state index is -0.0885. The van der Waals surface area contributed by atoms with Crippen LogP contribution >= 0.6 is 0 Å². The van der Waals surface area contributed by atoms with Crippen LogP contribution in [0.5, 0.6) is 5.75 Å². The highest BCUT2D eigenvalue weighted by molar-refractivity contribution is 5.94. The van der Waals surface area contributed by atoms with Crippen LogP contribution in [0.4, 0.5) is 0 Å². The van der Waals surface area contributed by atoms with Crippen molar-refractivity contribution in [2.24, 2.45) is 0 Å². The van der Waals surface area contributed by atoms with Gasteiger partial charge in [0.2, 0.25) is 0 Å². The van der Waals surface area contributed by atoms with Crippen LogP contribution in [-0.4, -0.2) is 49.3 Å². The Bertz CT molecular complexity index is 1220. The number of aromatic nitrogens is 6. The molecule has 0 unspecified atom stereocenters. The van der Waals surface area contributed by atoms with E-state index >= 15 is 0 Å². The highest BCUT2D eigenvalue weighted by Crippen LogP contribution is 2.24. The van der Waals surface area contributed by atoms with E-state index < -0.39 is 0 Å². The molecule has 4 rings (SSSR count). The van der Waals surface area contributed by atoms with Crippen LogP contribution in [0.15, 0.2) is 60.9 Å². The number of carbonyl (C=O) groups is 1. The van der Waals surface area contributed by atoms with Gasteiger partial charge in [0.05, 0.1) is 31.7 Å². The maximum absolute atomic E-state index is 12.8. The van der Waals surface area contributed by atoms with E-state index in [9.17, 15) is 4.79 Å². The summed E-state index contributed by atoms with van der Waals surface area (Å²) in [5.74, 6) is 2.17. The van der Waals surface area contributed by atoms with Gasteiger partial charge < -0.3 is 10.1 Å². The van der Waals surface area contributed by atoms with E-state index in [1.165, 1.54) is 0 Å². The number of nitrogens with one attached hydrogen (secondary N) is 1. The fourth-order valence-corrected chi connectivity index (χ4v) is 3.78. The topological polar surface area (TPSA) is 99.8 Å². The van der Waals surface area contributed by atoms with Crippen LogP contribution in [0, 0.1) is 0 Å². The van der Waals surface area contributed by atoms with Crippen LogP contribution in [0.2, 0.25) is 0 Å². The minimum absolute atomic E-state index is 0.0885. The fourth-order valence-electron chi connectivity index (χ4n) is 3.78. The molecular weight excluding hydrogens is 442 g/mol. The van der Waals surface area contributed by atoms with Gasteiger partial charge >= 0.3 is 0 Å². The number of hydrogen-bond donors (Lipinski definition) is 1. The molecule has 9 heteroatoms. The summed E-state index contributed by atoms with van der Waals surface area (Å²) >= 11 is 0. The van der Waals surface area contributed by atoms with Gasteiger partial charge in [0.15, 0.2) is 11.6 Å². The molecule has 35 heavy (non-hydrogen) atoms. The van der Waals surface area contributed by atoms with Crippen molar-refractivity contribution in [1.29, 1.82) is 0 Å². The van der Waals surface area contributed by atoms with Gasteiger partial charge in [0, 0.05) is 24.1 Å². The Morgan fingerprint density at radius 2 is 1.77 bits per heavy atom. The fraction of sp³-hybridized carbons (Fsp3) is 0.346. The number of ether oxygens (including phenoxy) is 1. The molecule has 0 spiro atoms. The Labute approximate surface area is 205 Å². The number of amides is 1. The summed E-state index contributed by atoms with van der Waals surface area (Å²) in [4.78, 5) is 19.2. The number of benzene rings is 2. The number of hydrogen-bond acceptors (Lipinski definition) is 6. The minimum Gasteiger partial charge on any atom is -0.497 e. The van der Waals surface area contributed by atoms with Crippen molar-refractivity contribution in [1.82, 2.24) is 35.1 Å². The molecule has 4 aromatic rings. The van der Waals surface area contributed by atoms with Crippen LogP contribution in [0.25, 0.3) is 17.1 Å². The quantitative estimate of drug-likeness (QED) is 0.311. The van der Waals surface area contributed by atoms with Gasteiger partial charge in [0.25, 0.3) is 5.91 Å². The third-order valence-corrected chi connectivity index (χ3v) is 5.71. The summed E-state index contributed by atoms with van der Waals surface area (Å²) in [6.45, 7) is 3.49. The third kappa shape index (κ3) is 6.32. The first-order valence-electron chi connectivity index (χ1n) is 12.0. The second-order valence-electron chi connectivity index (χ2n) is 8.19. The lowest BCUT2D eigenvalue weighted by molar-refractivity contribution is 0.0953. The van der Waals surface area contributed by atoms with Gasteiger partial charge in [-0.3, -0.25) is 4.79 Å². The van der Waals surface area contributed by atoms with Crippen molar-refractivity contribution >= 4 is 5.91 Å². The number of aryl methyl sites for hydroxylation is 2. The van der Waals surface area contributed by atoms with E-state index in [4.69, 9.17) is 9.72 Å². The molecule has 1 amide bonds. The average molecular weight is 474 g/mol. The van der Waals surface area contributed by atoms with E-state index in [2.05, 4.69) is 20.6 Å². The third-order valence-electron chi connectivity index (χ3n) is 5.71. The molecule has 0 aliphatic carbocycles. The molecule has 0 saturated heterocycles. The van der Waals surface area contributed by atoms with Crippen LogP contribution < -0.4 is 10.1 Å². The largest absolute Gasteiger partial charge is 0.497 e. The summed E-state index contributed by atoms with van der Waals surface area (Å²) in [7, 11) is 1.64. The molecule has 0 fully saturated rings. The number of rotatable bonds is 12. The zero-order valence-electron chi connectivity index (χ0n) is 20.2. The van der Waals surface area contributed by atoms with Gasteiger partial charge in [-0.05, 0) is 55.3 Å². The molecule has 182 valence electrons. The van der Waals surface area contributed by atoms with Gasteiger partial charge in [-0.2, -0.15) is 20.1 Å². The molecular formula is C26H31N7O2. The predicted molar refractivity (Wildman–Crippen MR) is 134 cm³/mol. The van der Waals surface area contributed by atoms with Gasteiger partial charge in [0.1, 0.15) is 5.75 Å². The zero-order chi connectivity index (χ0) is 24.5. The first kappa shape index (κ1) is 24.1. The summed E-state index contributed by atoms with van der Waals surface area (Å²) < 4.78 is 7.07. The first-order valence-corrected chi connectivity index (χ1v) is 12.0. The Hall–Kier alpha value is -4.01. The molecule has 2 heterocycles. The van der Waals surface area contributed by atoms with Crippen molar-refractivity contribution in [2.75, 3.05) is 13.7 Å². The Morgan fingerprint density at radius 3 is 2.51 bits per heavy atom. The molecule has 1 N–H and O–H groups in total. The van der Waals surface area contributed by atoms with E-state index in [0.717, 1.165) is 67.3 Å². The van der Waals surface area contributed by atoms with Gasteiger partial charge in [-0.25, -0.2) is 9.67 Å². The standard InChI is InChI=1S/C26H31N7O2/c1-3-24-30-25(20-11-13-23(35-2)14-12-20)33(31-24)22-10-8-9-21(19-22)26(34)27-15-6-4-5-7-18-32-28-16-17-29-32/h8-14,16-17,19H,3-7,15,18H2,1-2H3,(H,27,34). The highest BCUT2D eigenvalue weighted by Gasteiger charge is 2.15. The number of methoxy groups -OCH3 is 1. The number of unbranched alkanes of at least 4 members (excludes halogenated alkanes) is 3. The van der Waals surface area contributed by atoms with Crippen LogP contribution in [-0.2, 0) is 13.0 Å². The molecule has 0 saturated carbocycles. The molecule has 0 aliphatic rings.